The fourth-order valence-electron chi connectivity index (χ4n) is 4.22. The highest BCUT2D eigenvalue weighted by molar-refractivity contribution is 5.93. The molecule has 0 spiro atoms. The first-order valence-electron chi connectivity index (χ1n) is 10.7. The standard InChI is InChI=1S/C23H25N3O6/c27-22(24-19-7-3-5-16-4-1-2-6-18(16)19)15-32-23(28)17-8-9-20(21(14-17)26(29)30)25-10-12-31-13-11-25/h1-2,4,6,8-9,14,19H,3,5,7,10-13,15H2,(H,24,27). The van der Waals surface area contributed by atoms with Crippen LogP contribution in [0.25, 0.3) is 0 Å². The van der Waals surface area contributed by atoms with Gasteiger partial charge >= 0.3 is 5.97 Å². The van der Waals surface area contributed by atoms with E-state index in [0.717, 1.165) is 24.8 Å². The highest BCUT2D eigenvalue weighted by Crippen LogP contribution is 2.31. The summed E-state index contributed by atoms with van der Waals surface area (Å²) in [6.45, 7) is 1.60. The second kappa shape index (κ2) is 9.78. The van der Waals surface area contributed by atoms with Gasteiger partial charge in [-0.15, -0.1) is 0 Å². The molecule has 2 aliphatic rings. The summed E-state index contributed by atoms with van der Waals surface area (Å²) in [5, 5.41) is 14.5. The van der Waals surface area contributed by atoms with E-state index in [0.29, 0.717) is 32.0 Å². The number of hydrogen-bond acceptors (Lipinski definition) is 7. The molecule has 1 fully saturated rings. The van der Waals surface area contributed by atoms with Crippen LogP contribution in [0.15, 0.2) is 42.5 Å². The number of amides is 1. The minimum atomic E-state index is -0.777. The van der Waals surface area contributed by atoms with Crippen molar-refractivity contribution in [1.29, 1.82) is 0 Å². The number of rotatable bonds is 6. The maximum Gasteiger partial charge on any atom is 0.338 e. The van der Waals surface area contributed by atoms with Crippen LogP contribution < -0.4 is 10.2 Å². The number of carbonyl (C=O) groups is 2. The number of morpholine rings is 1. The quantitative estimate of drug-likeness (QED) is 0.419. The lowest BCUT2D eigenvalue weighted by Crippen LogP contribution is -2.36. The lowest BCUT2D eigenvalue weighted by Gasteiger charge is -2.28. The van der Waals surface area contributed by atoms with Crippen molar-refractivity contribution in [2.24, 2.45) is 0 Å². The van der Waals surface area contributed by atoms with E-state index in [9.17, 15) is 19.7 Å². The van der Waals surface area contributed by atoms with E-state index in [1.807, 2.05) is 23.1 Å². The second-order valence-electron chi connectivity index (χ2n) is 7.85. The Kier molecular flexibility index (Phi) is 6.65. The minimum Gasteiger partial charge on any atom is -0.452 e. The molecule has 1 saturated heterocycles. The molecular formula is C23H25N3O6. The Morgan fingerprint density at radius 2 is 1.97 bits per heavy atom. The molecule has 9 heteroatoms. The second-order valence-corrected chi connectivity index (χ2v) is 7.85. The van der Waals surface area contributed by atoms with Crippen molar-refractivity contribution in [3.63, 3.8) is 0 Å². The molecule has 168 valence electrons. The van der Waals surface area contributed by atoms with Crippen molar-refractivity contribution in [2.45, 2.75) is 25.3 Å². The van der Waals surface area contributed by atoms with Crippen molar-refractivity contribution in [3.05, 3.63) is 69.3 Å². The molecular weight excluding hydrogens is 414 g/mol. The van der Waals surface area contributed by atoms with Gasteiger partial charge in [-0.1, -0.05) is 24.3 Å². The maximum absolute atomic E-state index is 12.4. The predicted octanol–water partition coefficient (Wildman–Crippen LogP) is 2.78. The smallest absolute Gasteiger partial charge is 0.338 e. The average molecular weight is 439 g/mol. The van der Waals surface area contributed by atoms with E-state index in [1.54, 1.807) is 6.07 Å². The van der Waals surface area contributed by atoms with Crippen molar-refractivity contribution < 1.29 is 24.0 Å². The zero-order valence-corrected chi connectivity index (χ0v) is 17.6. The zero-order chi connectivity index (χ0) is 22.5. The summed E-state index contributed by atoms with van der Waals surface area (Å²) in [6.07, 6.45) is 2.78. The number of esters is 1. The van der Waals surface area contributed by atoms with Gasteiger partial charge in [0.25, 0.3) is 11.6 Å². The number of carbonyl (C=O) groups excluding carboxylic acids is 2. The Morgan fingerprint density at radius 1 is 1.19 bits per heavy atom. The summed E-state index contributed by atoms with van der Waals surface area (Å²) in [7, 11) is 0. The van der Waals surface area contributed by atoms with Crippen molar-refractivity contribution in [1.82, 2.24) is 5.32 Å². The number of aryl methyl sites for hydroxylation is 1. The number of fused-ring (bicyclic) bond motifs is 1. The van der Waals surface area contributed by atoms with E-state index in [2.05, 4.69) is 11.4 Å². The van der Waals surface area contributed by atoms with Gasteiger partial charge in [-0.3, -0.25) is 14.9 Å². The number of nitrogens with one attached hydrogen (secondary N) is 1. The normalized spacial score (nSPS) is 17.9. The number of nitro benzene ring substituents is 1. The Balaban J connectivity index is 1.38. The molecule has 1 aliphatic carbocycles. The monoisotopic (exact) mass is 439 g/mol. The van der Waals surface area contributed by atoms with E-state index in [-0.39, 0.29) is 17.3 Å². The molecule has 0 aromatic heterocycles. The summed E-state index contributed by atoms with van der Waals surface area (Å²) in [4.78, 5) is 37.7. The molecule has 4 rings (SSSR count). The third-order valence-corrected chi connectivity index (χ3v) is 5.80. The van der Waals surface area contributed by atoms with Gasteiger partial charge in [0.15, 0.2) is 6.61 Å². The Bertz CT molecular complexity index is 1020. The van der Waals surface area contributed by atoms with Gasteiger partial charge < -0.3 is 19.7 Å². The highest BCUT2D eigenvalue weighted by Gasteiger charge is 2.25. The molecule has 32 heavy (non-hydrogen) atoms. The lowest BCUT2D eigenvalue weighted by atomic mass is 9.88. The first-order chi connectivity index (χ1) is 15.5. The van der Waals surface area contributed by atoms with Crippen LogP contribution in [0.3, 0.4) is 0 Å². The Morgan fingerprint density at radius 3 is 2.75 bits per heavy atom. The average Bonchev–Trinajstić information content (AvgIpc) is 2.83. The number of hydrogen-bond donors (Lipinski definition) is 1. The van der Waals surface area contributed by atoms with Crippen LogP contribution in [0.4, 0.5) is 11.4 Å². The fraction of sp³-hybridized carbons (Fsp3) is 0.391. The van der Waals surface area contributed by atoms with Crippen LogP contribution in [0.1, 0.15) is 40.4 Å². The van der Waals surface area contributed by atoms with E-state index in [4.69, 9.17) is 9.47 Å². The van der Waals surface area contributed by atoms with Crippen LogP contribution in [-0.2, 0) is 20.7 Å². The molecule has 1 heterocycles. The van der Waals surface area contributed by atoms with Gasteiger partial charge in [-0.2, -0.15) is 0 Å². The molecule has 1 atom stereocenters. The maximum atomic E-state index is 12.4. The number of nitrogens with zero attached hydrogens (tertiary/aromatic N) is 2. The summed E-state index contributed by atoms with van der Waals surface area (Å²) in [5.74, 6) is -1.18. The molecule has 1 amide bonds. The zero-order valence-electron chi connectivity index (χ0n) is 17.6. The summed E-state index contributed by atoms with van der Waals surface area (Å²) in [5.41, 5.74) is 2.60. The SMILES string of the molecule is O=C(COC(=O)c1ccc(N2CCOCC2)c([N+](=O)[O-])c1)NC1CCCc2ccccc21. The van der Waals surface area contributed by atoms with Gasteiger partial charge in [0.2, 0.25) is 0 Å². The summed E-state index contributed by atoms with van der Waals surface area (Å²) in [6, 6.07) is 12.1. The number of nitro groups is 1. The van der Waals surface area contributed by atoms with E-state index in [1.165, 1.54) is 17.7 Å². The summed E-state index contributed by atoms with van der Waals surface area (Å²) < 4.78 is 10.4. The molecule has 0 radical (unpaired) electrons. The summed E-state index contributed by atoms with van der Waals surface area (Å²) >= 11 is 0. The molecule has 1 unspecified atom stereocenters. The van der Waals surface area contributed by atoms with Gasteiger partial charge in [0.1, 0.15) is 5.69 Å². The van der Waals surface area contributed by atoms with E-state index < -0.39 is 23.4 Å². The predicted molar refractivity (Wildman–Crippen MR) is 117 cm³/mol. The molecule has 1 N–H and O–H groups in total. The van der Waals surface area contributed by atoms with Crippen LogP contribution in [0.2, 0.25) is 0 Å². The number of ether oxygens (including phenoxy) is 2. The van der Waals surface area contributed by atoms with Gasteiger partial charge in [0, 0.05) is 19.2 Å². The minimum absolute atomic E-state index is 0.0320. The lowest BCUT2D eigenvalue weighted by molar-refractivity contribution is -0.384. The van der Waals surface area contributed by atoms with E-state index >= 15 is 0 Å². The topological polar surface area (TPSA) is 111 Å². The van der Waals surface area contributed by atoms with Crippen LogP contribution >= 0.6 is 0 Å². The first kappa shape index (κ1) is 21.8. The number of anilines is 1. The third kappa shape index (κ3) is 4.88. The highest BCUT2D eigenvalue weighted by atomic mass is 16.6. The van der Waals surface area contributed by atoms with Crippen LogP contribution in [0.5, 0.6) is 0 Å². The Labute approximate surface area is 185 Å². The fourth-order valence-corrected chi connectivity index (χ4v) is 4.22. The van der Waals surface area contributed by atoms with Crippen molar-refractivity contribution in [3.8, 4) is 0 Å². The molecule has 2 aromatic rings. The van der Waals surface area contributed by atoms with Crippen molar-refractivity contribution in [2.75, 3.05) is 37.8 Å². The first-order valence-corrected chi connectivity index (χ1v) is 10.7. The Hall–Kier alpha value is -3.46. The largest absolute Gasteiger partial charge is 0.452 e. The molecule has 0 bridgehead atoms. The van der Waals surface area contributed by atoms with Crippen LogP contribution in [-0.4, -0.2) is 49.7 Å². The third-order valence-electron chi connectivity index (χ3n) is 5.80. The number of benzene rings is 2. The van der Waals surface area contributed by atoms with Gasteiger partial charge in [-0.25, -0.2) is 4.79 Å². The molecule has 9 nitrogen and oxygen atoms in total. The molecule has 0 saturated carbocycles. The van der Waals surface area contributed by atoms with Crippen molar-refractivity contribution >= 4 is 23.3 Å². The van der Waals surface area contributed by atoms with Gasteiger partial charge in [-0.05, 0) is 42.5 Å². The van der Waals surface area contributed by atoms with Crippen LogP contribution in [0, 0.1) is 10.1 Å². The molecule has 1 aliphatic heterocycles. The molecule has 2 aromatic carbocycles. The van der Waals surface area contributed by atoms with Gasteiger partial charge in [0.05, 0.1) is 29.7 Å².